The van der Waals surface area contributed by atoms with Gasteiger partial charge in [0, 0.05) is 24.2 Å². The molecule has 0 aliphatic rings. The fourth-order valence-electron chi connectivity index (χ4n) is 3.25. The highest BCUT2D eigenvalue weighted by Gasteiger charge is 2.07. The van der Waals surface area contributed by atoms with E-state index >= 15 is 0 Å². The number of nitrogens with zero attached hydrogens (tertiary/aromatic N) is 3. The first-order chi connectivity index (χ1) is 13.2. The van der Waals surface area contributed by atoms with E-state index in [9.17, 15) is 0 Å². The standard InChI is InChI=1S/C22H35N5.HI/c1-5-23-22(26-18(4)11-10-16-27(6-2)7-3)25-17-21-20-13-9-8-12-19(20)14-15-24-21;/h8-9,12-15,18H,5-7,10-11,16-17H2,1-4H3,(H2,23,25,26);1H. The van der Waals surface area contributed by atoms with Gasteiger partial charge in [0.05, 0.1) is 12.2 Å². The van der Waals surface area contributed by atoms with E-state index in [0.717, 1.165) is 44.3 Å². The van der Waals surface area contributed by atoms with Gasteiger partial charge in [0.25, 0.3) is 0 Å². The minimum Gasteiger partial charge on any atom is -0.357 e. The number of hydrogen-bond acceptors (Lipinski definition) is 3. The topological polar surface area (TPSA) is 52.6 Å². The van der Waals surface area contributed by atoms with Crippen LogP contribution in [0.3, 0.4) is 0 Å². The largest absolute Gasteiger partial charge is 0.357 e. The van der Waals surface area contributed by atoms with Crippen LogP contribution in [0.15, 0.2) is 41.5 Å². The van der Waals surface area contributed by atoms with E-state index in [2.05, 4.69) is 72.5 Å². The molecular weight excluding hydrogens is 461 g/mol. The highest BCUT2D eigenvalue weighted by Crippen LogP contribution is 2.16. The molecule has 156 valence electrons. The molecule has 28 heavy (non-hydrogen) atoms. The molecule has 0 fully saturated rings. The molecule has 0 saturated carbocycles. The lowest BCUT2D eigenvalue weighted by Crippen LogP contribution is -2.42. The fourth-order valence-corrected chi connectivity index (χ4v) is 3.25. The number of aromatic nitrogens is 1. The van der Waals surface area contributed by atoms with Gasteiger partial charge in [-0.2, -0.15) is 0 Å². The molecule has 2 aromatic rings. The van der Waals surface area contributed by atoms with Crippen molar-refractivity contribution in [1.29, 1.82) is 0 Å². The van der Waals surface area contributed by atoms with E-state index in [1.54, 1.807) is 0 Å². The summed E-state index contributed by atoms with van der Waals surface area (Å²) in [6.45, 7) is 13.6. The van der Waals surface area contributed by atoms with Crippen LogP contribution in [0, 0.1) is 0 Å². The van der Waals surface area contributed by atoms with E-state index in [1.165, 1.54) is 17.2 Å². The van der Waals surface area contributed by atoms with E-state index < -0.39 is 0 Å². The van der Waals surface area contributed by atoms with Crippen LogP contribution in [0.1, 0.15) is 46.2 Å². The van der Waals surface area contributed by atoms with E-state index in [-0.39, 0.29) is 24.0 Å². The SMILES string of the molecule is CCNC(=NCc1nccc2ccccc12)NC(C)CCCN(CC)CC.I. The highest BCUT2D eigenvalue weighted by atomic mass is 127. The number of rotatable bonds is 10. The van der Waals surface area contributed by atoms with E-state index in [4.69, 9.17) is 4.99 Å². The Bertz CT molecular complexity index is 710. The Hall–Kier alpha value is -1.41. The van der Waals surface area contributed by atoms with Crippen molar-refractivity contribution in [2.75, 3.05) is 26.2 Å². The van der Waals surface area contributed by atoms with Gasteiger partial charge in [0.1, 0.15) is 0 Å². The molecule has 0 aliphatic carbocycles. The molecule has 1 unspecified atom stereocenters. The van der Waals surface area contributed by atoms with Crippen molar-refractivity contribution in [2.45, 2.75) is 53.1 Å². The Kier molecular flexibility index (Phi) is 12.1. The second-order valence-corrected chi connectivity index (χ2v) is 6.89. The maximum atomic E-state index is 4.77. The van der Waals surface area contributed by atoms with Crippen molar-refractivity contribution >= 4 is 40.7 Å². The molecule has 2 N–H and O–H groups in total. The van der Waals surface area contributed by atoms with Gasteiger partial charge in [-0.1, -0.05) is 38.1 Å². The zero-order valence-corrected chi connectivity index (χ0v) is 20.1. The lowest BCUT2D eigenvalue weighted by atomic mass is 10.1. The Morgan fingerprint density at radius 3 is 2.61 bits per heavy atom. The van der Waals surface area contributed by atoms with Crippen molar-refractivity contribution in [3.8, 4) is 0 Å². The molecule has 2 rings (SSSR count). The van der Waals surface area contributed by atoms with Gasteiger partial charge < -0.3 is 15.5 Å². The average molecular weight is 497 g/mol. The van der Waals surface area contributed by atoms with Gasteiger partial charge in [-0.15, -0.1) is 24.0 Å². The minimum atomic E-state index is 0. The molecule has 0 bridgehead atoms. The van der Waals surface area contributed by atoms with Crippen LogP contribution in [0.5, 0.6) is 0 Å². The second kappa shape index (κ2) is 13.7. The Morgan fingerprint density at radius 2 is 1.89 bits per heavy atom. The monoisotopic (exact) mass is 497 g/mol. The number of nitrogens with one attached hydrogen (secondary N) is 2. The Balaban J connectivity index is 0.00000392. The lowest BCUT2D eigenvalue weighted by Gasteiger charge is -2.21. The molecule has 0 spiro atoms. The quantitative estimate of drug-likeness (QED) is 0.290. The van der Waals surface area contributed by atoms with Crippen molar-refractivity contribution in [1.82, 2.24) is 20.5 Å². The summed E-state index contributed by atoms with van der Waals surface area (Å²) < 4.78 is 0. The molecular formula is C22H36IN5. The molecule has 6 heteroatoms. The third-order valence-electron chi connectivity index (χ3n) is 4.88. The first kappa shape index (κ1) is 24.6. The first-order valence-corrected chi connectivity index (χ1v) is 10.3. The maximum absolute atomic E-state index is 4.77. The lowest BCUT2D eigenvalue weighted by molar-refractivity contribution is 0.292. The zero-order valence-electron chi connectivity index (χ0n) is 17.7. The number of halogens is 1. The van der Waals surface area contributed by atoms with Crippen LogP contribution in [0.4, 0.5) is 0 Å². The van der Waals surface area contributed by atoms with Gasteiger partial charge >= 0.3 is 0 Å². The minimum absolute atomic E-state index is 0. The fraction of sp³-hybridized carbons (Fsp3) is 0.545. The number of hydrogen-bond donors (Lipinski definition) is 2. The molecule has 1 aromatic carbocycles. The average Bonchev–Trinajstić information content (AvgIpc) is 2.69. The molecule has 0 radical (unpaired) electrons. The molecule has 0 saturated heterocycles. The summed E-state index contributed by atoms with van der Waals surface area (Å²) in [5.74, 6) is 0.863. The van der Waals surface area contributed by atoms with Gasteiger partial charge in [-0.3, -0.25) is 4.98 Å². The van der Waals surface area contributed by atoms with Crippen LogP contribution in [0.2, 0.25) is 0 Å². The number of pyridine rings is 1. The van der Waals surface area contributed by atoms with Crippen LogP contribution in [-0.2, 0) is 6.54 Å². The summed E-state index contributed by atoms with van der Waals surface area (Å²) in [4.78, 5) is 11.8. The number of fused-ring (bicyclic) bond motifs is 1. The van der Waals surface area contributed by atoms with E-state index in [1.807, 2.05) is 12.3 Å². The highest BCUT2D eigenvalue weighted by molar-refractivity contribution is 14.0. The molecule has 0 aliphatic heterocycles. The number of guanidine groups is 1. The Labute approximate surface area is 187 Å². The second-order valence-electron chi connectivity index (χ2n) is 6.89. The van der Waals surface area contributed by atoms with Crippen molar-refractivity contribution < 1.29 is 0 Å². The zero-order chi connectivity index (χ0) is 19.5. The normalized spacial score (nSPS) is 12.7. The summed E-state index contributed by atoms with van der Waals surface area (Å²) in [6.07, 6.45) is 4.19. The molecule has 1 heterocycles. The summed E-state index contributed by atoms with van der Waals surface area (Å²) >= 11 is 0. The smallest absolute Gasteiger partial charge is 0.191 e. The number of benzene rings is 1. The maximum Gasteiger partial charge on any atom is 0.191 e. The third kappa shape index (κ3) is 7.91. The van der Waals surface area contributed by atoms with Crippen molar-refractivity contribution in [2.24, 2.45) is 4.99 Å². The van der Waals surface area contributed by atoms with Crippen LogP contribution < -0.4 is 10.6 Å². The van der Waals surface area contributed by atoms with Crippen LogP contribution in [-0.4, -0.2) is 48.1 Å². The van der Waals surface area contributed by atoms with Gasteiger partial charge in [0.2, 0.25) is 0 Å². The summed E-state index contributed by atoms with van der Waals surface area (Å²) in [7, 11) is 0. The van der Waals surface area contributed by atoms with Gasteiger partial charge in [0.15, 0.2) is 5.96 Å². The predicted molar refractivity (Wildman–Crippen MR) is 132 cm³/mol. The summed E-state index contributed by atoms with van der Waals surface area (Å²) in [5.41, 5.74) is 1.01. The molecule has 1 atom stereocenters. The molecule has 0 amide bonds. The van der Waals surface area contributed by atoms with Crippen LogP contribution in [0.25, 0.3) is 10.8 Å². The number of aliphatic imine (C=N–C) groups is 1. The Morgan fingerprint density at radius 1 is 1.14 bits per heavy atom. The summed E-state index contributed by atoms with van der Waals surface area (Å²) in [6, 6.07) is 10.8. The van der Waals surface area contributed by atoms with Gasteiger partial charge in [-0.25, -0.2) is 4.99 Å². The van der Waals surface area contributed by atoms with Crippen molar-refractivity contribution in [3.63, 3.8) is 0 Å². The summed E-state index contributed by atoms with van der Waals surface area (Å²) in [5, 5.41) is 9.27. The molecule has 5 nitrogen and oxygen atoms in total. The van der Waals surface area contributed by atoms with Gasteiger partial charge in [-0.05, 0) is 57.8 Å². The van der Waals surface area contributed by atoms with Crippen molar-refractivity contribution in [3.05, 3.63) is 42.2 Å². The van der Waals surface area contributed by atoms with Crippen LogP contribution >= 0.6 is 24.0 Å². The third-order valence-corrected chi connectivity index (χ3v) is 4.88. The predicted octanol–water partition coefficient (Wildman–Crippen LogP) is 4.42. The molecule has 1 aromatic heterocycles. The first-order valence-electron chi connectivity index (χ1n) is 10.3. The van der Waals surface area contributed by atoms with E-state index in [0.29, 0.717) is 12.6 Å².